The van der Waals surface area contributed by atoms with E-state index in [4.69, 9.17) is 4.74 Å². The van der Waals surface area contributed by atoms with Crippen LogP contribution in [0.4, 0.5) is 4.79 Å². The highest BCUT2D eigenvalue weighted by molar-refractivity contribution is 5.92. The number of nitrogens with one attached hydrogen (secondary N) is 2. The summed E-state index contributed by atoms with van der Waals surface area (Å²) in [5, 5.41) is 5.86. The molecule has 0 spiro atoms. The van der Waals surface area contributed by atoms with Crippen molar-refractivity contribution in [1.82, 2.24) is 15.5 Å². The van der Waals surface area contributed by atoms with Gasteiger partial charge in [-0.05, 0) is 72.8 Å². The summed E-state index contributed by atoms with van der Waals surface area (Å²) in [6.07, 6.45) is 1.57. The van der Waals surface area contributed by atoms with Crippen LogP contribution in [0.1, 0.15) is 98.7 Å². The van der Waals surface area contributed by atoms with Gasteiger partial charge in [0.1, 0.15) is 17.7 Å². The summed E-state index contributed by atoms with van der Waals surface area (Å²) in [6, 6.07) is 5.74. The Balaban J connectivity index is 3.43. The van der Waals surface area contributed by atoms with Gasteiger partial charge in [-0.3, -0.25) is 9.59 Å². The fourth-order valence-corrected chi connectivity index (χ4v) is 4.02. The molecule has 0 saturated carbocycles. The SMILES string of the molecule is CCCC(C)NC(=O)C(c1ccc(C)cc1)N(C(=O)C(CC(C)C)NC(=O)OC(C)(C)C)C(C)C. The molecule has 7 heteroatoms. The average molecular weight is 490 g/mol. The standard InChI is InChI=1S/C28H47N3O4/c1-11-12-21(7)29-25(32)24(22-15-13-20(6)14-16-22)31(19(4)5)26(33)23(17-18(2)3)30-27(34)35-28(8,9)10/h13-16,18-19,21,23-24H,11-12,17H2,1-10H3,(H,29,32)(H,30,34). The molecule has 0 fully saturated rings. The Hall–Kier alpha value is -2.57. The van der Waals surface area contributed by atoms with E-state index < -0.39 is 23.8 Å². The normalized spacial score (nSPS) is 14.3. The van der Waals surface area contributed by atoms with Gasteiger partial charge in [0, 0.05) is 12.1 Å². The lowest BCUT2D eigenvalue weighted by Crippen LogP contribution is -2.55. The van der Waals surface area contributed by atoms with Gasteiger partial charge in [0.05, 0.1) is 0 Å². The third-order valence-corrected chi connectivity index (χ3v) is 5.54. The van der Waals surface area contributed by atoms with Gasteiger partial charge in [-0.1, -0.05) is 57.0 Å². The first-order valence-corrected chi connectivity index (χ1v) is 12.8. The Morgan fingerprint density at radius 2 is 1.54 bits per heavy atom. The summed E-state index contributed by atoms with van der Waals surface area (Å²) in [4.78, 5) is 41.8. The van der Waals surface area contributed by atoms with Gasteiger partial charge in [0.15, 0.2) is 0 Å². The van der Waals surface area contributed by atoms with Crippen LogP contribution in [0.2, 0.25) is 0 Å². The summed E-state index contributed by atoms with van der Waals surface area (Å²) in [7, 11) is 0. The van der Waals surface area contributed by atoms with E-state index in [2.05, 4.69) is 17.6 Å². The van der Waals surface area contributed by atoms with Crippen molar-refractivity contribution in [2.75, 3.05) is 0 Å². The fraction of sp³-hybridized carbons (Fsp3) is 0.679. The number of hydrogen-bond acceptors (Lipinski definition) is 4. The average Bonchev–Trinajstić information content (AvgIpc) is 2.69. The lowest BCUT2D eigenvalue weighted by molar-refractivity contribution is -0.145. The van der Waals surface area contributed by atoms with Crippen LogP contribution >= 0.6 is 0 Å². The predicted molar refractivity (Wildman–Crippen MR) is 141 cm³/mol. The molecule has 0 aliphatic rings. The van der Waals surface area contributed by atoms with Crippen LogP contribution in [0.5, 0.6) is 0 Å². The van der Waals surface area contributed by atoms with E-state index in [1.165, 1.54) is 0 Å². The number of nitrogens with zero attached hydrogens (tertiary/aromatic N) is 1. The summed E-state index contributed by atoms with van der Waals surface area (Å²) in [5.41, 5.74) is 1.12. The Bertz CT molecular complexity index is 828. The second-order valence-electron chi connectivity index (χ2n) is 11.2. The Labute approximate surface area is 212 Å². The molecule has 0 aliphatic heterocycles. The second-order valence-corrected chi connectivity index (χ2v) is 11.2. The summed E-state index contributed by atoms with van der Waals surface area (Å²) in [5.74, 6) is -0.384. The zero-order chi connectivity index (χ0) is 26.9. The molecule has 0 heterocycles. The molecule has 35 heavy (non-hydrogen) atoms. The minimum Gasteiger partial charge on any atom is -0.444 e. The maximum absolute atomic E-state index is 14.0. The number of amides is 3. The molecular formula is C28H47N3O4. The number of benzene rings is 1. The molecule has 3 unspecified atom stereocenters. The minimum absolute atomic E-state index is 0.0177. The van der Waals surface area contributed by atoms with E-state index in [1.807, 2.05) is 65.8 Å². The van der Waals surface area contributed by atoms with Gasteiger partial charge in [0.2, 0.25) is 11.8 Å². The zero-order valence-corrected chi connectivity index (χ0v) is 23.4. The number of carbonyl (C=O) groups is 3. The predicted octanol–water partition coefficient (Wildman–Crippen LogP) is 5.52. The van der Waals surface area contributed by atoms with Crippen LogP contribution in [0, 0.1) is 12.8 Å². The topological polar surface area (TPSA) is 87.7 Å². The van der Waals surface area contributed by atoms with Crippen LogP contribution in [0.3, 0.4) is 0 Å². The molecule has 0 saturated heterocycles. The number of aryl methyl sites for hydroxylation is 1. The quantitative estimate of drug-likeness (QED) is 0.429. The van der Waals surface area contributed by atoms with Crippen molar-refractivity contribution in [2.24, 2.45) is 5.92 Å². The molecule has 0 radical (unpaired) electrons. The summed E-state index contributed by atoms with van der Waals surface area (Å²) >= 11 is 0. The molecule has 0 aliphatic carbocycles. The lowest BCUT2D eigenvalue weighted by atomic mass is 9.97. The number of ether oxygens (including phenoxy) is 1. The van der Waals surface area contributed by atoms with E-state index in [0.29, 0.717) is 6.42 Å². The molecule has 1 rings (SSSR count). The Kier molecular flexibility index (Phi) is 11.7. The van der Waals surface area contributed by atoms with Crippen molar-refractivity contribution < 1.29 is 19.1 Å². The largest absolute Gasteiger partial charge is 0.444 e. The second kappa shape index (κ2) is 13.5. The lowest BCUT2D eigenvalue weighted by Gasteiger charge is -2.38. The molecule has 0 aromatic heterocycles. The highest BCUT2D eigenvalue weighted by Crippen LogP contribution is 2.27. The van der Waals surface area contributed by atoms with Crippen molar-refractivity contribution >= 4 is 17.9 Å². The number of hydrogen-bond donors (Lipinski definition) is 2. The van der Waals surface area contributed by atoms with E-state index in [-0.39, 0.29) is 29.8 Å². The first-order chi connectivity index (χ1) is 16.2. The third-order valence-electron chi connectivity index (χ3n) is 5.54. The van der Waals surface area contributed by atoms with Crippen molar-refractivity contribution in [3.63, 3.8) is 0 Å². The fourth-order valence-electron chi connectivity index (χ4n) is 4.02. The van der Waals surface area contributed by atoms with Crippen LogP contribution in [-0.2, 0) is 14.3 Å². The first kappa shape index (κ1) is 30.5. The van der Waals surface area contributed by atoms with E-state index in [9.17, 15) is 14.4 Å². The highest BCUT2D eigenvalue weighted by Gasteiger charge is 2.38. The van der Waals surface area contributed by atoms with Crippen LogP contribution < -0.4 is 10.6 Å². The number of carbonyl (C=O) groups excluding carboxylic acids is 3. The molecule has 198 valence electrons. The molecule has 7 nitrogen and oxygen atoms in total. The summed E-state index contributed by atoms with van der Waals surface area (Å²) < 4.78 is 5.43. The molecule has 1 aromatic rings. The van der Waals surface area contributed by atoms with Gasteiger partial charge in [-0.15, -0.1) is 0 Å². The molecule has 0 bridgehead atoms. The monoisotopic (exact) mass is 489 g/mol. The smallest absolute Gasteiger partial charge is 0.408 e. The van der Waals surface area contributed by atoms with Crippen LogP contribution in [0.15, 0.2) is 24.3 Å². The van der Waals surface area contributed by atoms with Crippen molar-refractivity contribution in [3.05, 3.63) is 35.4 Å². The van der Waals surface area contributed by atoms with Crippen molar-refractivity contribution in [3.8, 4) is 0 Å². The zero-order valence-electron chi connectivity index (χ0n) is 23.4. The van der Waals surface area contributed by atoms with Gasteiger partial charge in [-0.25, -0.2) is 4.79 Å². The third kappa shape index (κ3) is 10.3. The molecule has 3 atom stereocenters. The van der Waals surface area contributed by atoms with Crippen LogP contribution in [-0.4, -0.2) is 46.5 Å². The summed E-state index contributed by atoms with van der Waals surface area (Å²) in [6.45, 7) is 19.1. The molecule has 2 N–H and O–H groups in total. The van der Waals surface area contributed by atoms with Gasteiger partial charge in [0.25, 0.3) is 0 Å². The number of alkyl carbamates (subject to hydrolysis) is 1. The van der Waals surface area contributed by atoms with Crippen LogP contribution in [0.25, 0.3) is 0 Å². The molecular weight excluding hydrogens is 442 g/mol. The maximum atomic E-state index is 14.0. The van der Waals surface area contributed by atoms with Gasteiger partial charge < -0.3 is 20.3 Å². The van der Waals surface area contributed by atoms with Crippen molar-refractivity contribution in [1.29, 1.82) is 0 Å². The Morgan fingerprint density at radius 3 is 2.00 bits per heavy atom. The number of rotatable bonds is 11. The Morgan fingerprint density at radius 1 is 0.971 bits per heavy atom. The maximum Gasteiger partial charge on any atom is 0.408 e. The molecule has 3 amide bonds. The van der Waals surface area contributed by atoms with Crippen molar-refractivity contribution in [2.45, 2.75) is 118 Å². The first-order valence-electron chi connectivity index (χ1n) is 12.8. The van der Waals surface area contributed by atoms with E-state index in [1.54, 1.807) is 25.7 Å². The minimum atomic E-state index is -0.822. The van der Waals surface area contributed by atoms with E-state index in [0.717, 1.165) is 24.0 Å². The van der Waals surface area contributed by atoms with Gasteiger partial charge in [-0.2, -0.15) is 0 Å². The molecule has 1 aromatic carbocycles. The van der Waals surface area contributed by atoms with E-state index >= 15 is 0 Å². The highest BCUT2D eigenvalue weighted by atomic mass is 16.6. The van der Waals surface area contributed by atoms with Gasteiger partial charge >= 0.3 is 6.09 Å².